The Labute approximate surface area is 114 Å². The third-order valence-corrected chi connectivity index (χ3v) is 4.63. The Morgan fingerprint density at radius 2 is 2.21 bits per heavy atom. The molecule has 3 rings (SSSR count). The molecule has 1 aromatic carbocycles. The van der Waals surface area contributed by atoms with Gasteiger partial charge in [-0.15, -0.1) is 0 Å². The molecular weight excluding hydrogens is 236 g/mol. The van der Waals surface area contributed by atoms with E-state index in [0.717, 1.165) is 25.9 Å². The summed E-state index contributed by atoms with van der Waals surface area (Å²) in [6, 6.07) is 8.43. The van der Waals surface area contributed by atoms with Gasteiger partial charge in [0.15, 0.2) is 0 Å². The molecule has 3 atom stereocenters. The van der Waals surface area contributed by atoms with Gasteiger partial charge in [-0.3, -0.25) is 4.79 Å². The van der Waals surface area contributed by atoms with Gasteiger partial charge in [-0.05, 0) is 49.3 Å². The molecular formula is C16H22N2O. The van der Waals surface area contributed by atoms with E-state index >= 15 is 0 Å². The van der Waals surface area contributed by atoms with Crippen LogP contribution in [-0.4, -0.2) is 30.4 Å². The SMILES string of the molecule is Cc1ccccc1C1CC1C(=O)N1CCC(CN)C1. The third-order valence-electron chi connectivity index (χ3n) is 4.63. The van der Waals surface area contributed by atoms with Crippen molar-refractivity contribution in [3.05, 3.63) is 35.4 Å². The van der Waals surface area contributed by atoms with Crippen LogP contribution in [0.15, 0.2) is 24.3 Å². The van der Waals surface area contributed by atoms with E-state index in [2.05, 4.69) is 31.2 Å². The predicted octanol–water partition coefficient (Wildman–Crippen LogP) is 1.91. The van der Waals surface area contributed by atoms with Gasteiger partial charge in [0.1, 0.15) is 0 Å². The quantitative estimate of drug-likeness (QED) is 0.900. The monoisotopic (exact) mass is 258 g/mol. The standard InChI is InChI=1S/C16H22N2O/c1-11-4-2-3-5-13(11)14-8-15(14)16(19)18-7-6-12(9-17)10-18/h2-5,12,14-15H,6-10,17H2,1H3. The lowest BCUT2D eigenvalue weighted by Crippen LogP contribution is -2.31. The molecule has 3 unspecified atom stereocenters. The van der Waals surface area contributed by atoms with Crippen molar-refractivity contribution in [3.63, 3.8) is 0 Å². The Hall–Kier alpha value is -1.35. The van der Waals surface area contributed by atoms with Crippen molar-refractivity contribution in [2.45, 2.75) is 25.7 Å². The summed E-state index contributed by atoms with van der Waals surface area (Å²) in [5.74, 6) is 1.53. The third kappa shape index (κ3) is 2.39. The summed E-state index contributed by atoms with van der Waals surface area (Å²) in [4.78, 5) is 14.5. The summed E-state index contributed by atoms with van der Waals surface area (Å²) in [5, 5.41) is 0. The highest BCUT2D eigenvalue weighted by Crippen LogP contribution is 2.49. The zero-order valence-corrected chi connectivity index (χ0v) is 11.5. The molecule has 0 aromatic heterocycles. The van der Waals surface area contributed by atoms with Crippen LogP contribution in [0.25, 0.3) is 0 Å². The summed E-state index contributed by atoms with van der Waals surface area (Å²) in [5.41, 5.74) is 8.35. The second kappa shape index (κ2) is 4.97. The zero-order valence-electron chi connectivity index (χ0n) is 11.5. The van der Waals surface area contributed by atoms with Crippen molar-refractivity contribution in [2.24, 2.45) is 17.6 Å². The Kier molecular flexibility index (Phi) is 3.31. The first-order valence-corrected chi connectivity index (χ1v) is 7.25. The number of nitrogens with two attached hydrogens (primary N) is 1. The average Bonchev–Trinajstić information content (AvgIpc) is 3.07. The summed E-state index contributed by atoms with van der Waals surface area (Å²) in [6.07, 6.45) is 2.09. The van der Waals surface area contributed by atoms with E-state index in [0.29, 0.717) is 24.3 Å². The highest BCUT2D eigenvalue weighted by molar-refractivity contribution is 5.83. The molecule has 0 spiro atoms. The van der Waals surface area contributed by atoms with Gasteiger partial charge in [0.25, 0.3) is 0 Å². The molecule has 1 aliphatic carbocycles. The second-order valence-electron chi connectivity index (χ2n) is 5.98. The first kappa shape index (κ1) is 12.7. The molecule has 1 heterocycles. The lowest BCUT2D eigenvalue weighted by molar-refractivity contribution is -0.131. The lowest BCUT2D eigenvalue weighted by Gasteiger charge is -2.16. The number of carbonyl (C=O) groups is 1. The summed E-state index contributed by atoms with van der Waals surface area (Å²) in [7, 11) is 0. The highest BCUT2D eigenvalue weighted by Gasteiger charge is 2.47. The van der Waals surface area contributed by atoms with Crippen LogP contribution in [0.5, 0.6) is 0 Å². The van der Waals surface area contributed by atoms with Crippen LogP contribution in [0.2, 0.25) is 0 Å². The Morgan fingerprint density at radius 3 is 2.89 bits per heavy atom. The molecule has 102 valence electrons. The van der Waals surface area contributed by atoms with Crippen LogP contribution in [-0.2, 0) is 4.79 Å². The average molecular weight is 258 g/mol. The number of benzene rings is 1. The minimum absolute atomic E-state index is 0.220. The molecule has 3 nitrogen and oxygen atoms in total. The number of hydrogen-bond acceptors (Lipinski definition) is 2. The number of amides is 1. The first-order valence-electron chi connectivity index (χ1n) is 7.25. The molecule has 2 fully saturated rings. The molecule has 1 saturated heterocycles. The van der Waals surface area contributed by atoms with Gasteiger partial charge < -0.3 is 10.6 Å². The second-order valence-corrected chi connectivity index (χ2v) is 5.98. The smallest absolute Gasteiger partial charge is 0.226 e. The number of likely N-dealkylation sites (tertiary alicyclic amines) is 1. The fraction of sp³-hybridized carbons (Fsp3) is 0.562. The minimum Gasteiger partial charge on any atom is -0.342 e. The first-order chi connectivity index (χ1) is 9.20. The molecule has 0 bridgehead atoms. The van der Waals surface area contributed by atoms with Crippen molar-refractivity contribution < 1.29 is 4.79 Å². The van der Waals surface area contributed by atoms with Gasteiger partial charge in [0, 0.05) is 19.0 Å². The van der Waals surface area contributed by atoms with Crippen molar-refractivity contribution >= 4 is 5.91 Å². The van der Waals surface area contributed by atoms with Crippen LogP contribution in [0.4, 0.5) is 0 Å². The van der Waals surface area contributed by atoms with Crippen LogP contribution in [0.1, 0.15) is 29.9 Å². The Bertz CT molecular complexity index is 485. The van der Waals surface area contributed by atoms with Crippen molar-refractivity contribution in [1.29, 1.82) is 0 Å². The number of hydrogen-bond donors (Lipinski definition) is 1. The normalized spacial score (nSPS) is 29.6. The van der Waals surface area contributed by atoms with E-state index in [1.54, 1.807) is 0 Å². The molecule has 1 aromatic rings. The maximum atomic E-state index is 12.4. The fourth-order valence-electron chi connectivity index (χ4n) is 3.27. The van der Waals surface area contributed by atoms with E-state index in [1.165, 1.54) is 11.1 Å². The molecule has 0 radical (unpaired) electrons. The molecule has 3 heteroatoms. The number of nitrogens with zero attached hydrogens (tertiary/aromatic N) is 1. The van der Waals surface area contributed by atoms with Crippen molar-refractivity contribution in [3.8, 4) is 0 Å². The largest absolute Gasteiger partial charge is 0.342 e. The molecule has 1 amide bonds. The topological polar surface area (TPSA) is 46.3 Å². The van der Waals surface area contributed by atoms with E-state index in [1.807, 2.05) is 4.90 Å². The summed E-state index contributed by atoms with van der Waals surface area (Å²) < 4.78 is 0. The van der Waals surface area contributed by atoms with Crippen LogP contribution >= 0.6 is 0 Å². The number of rotatable bonds is 3. The maximum absolute atomic E-state index is 12.4. The molecule has 2 aliphatic rings. The highest BCUT2D eigenvalue weighted by atomic mass is 16.2. The van der Waals surface area contributed by atoms with E-state index in [4.69, 9.17) is 5.73 Å². The van der Waals surface area contributed by atoms with Crippen LogP contribution in [0.3, 0.4) is 0 Å². The van der Waals surface area contributed by atoms with Gasteiger partial charge in [-0.1, -0.05) is 24.3 Å². The lowest BCUT2D eigenvalue weighted by atomic mass is 10.0. The van der Waals surface area contributed by atoms with Crippen molar-refractivity contribution in [2.75, 3.05) is 19.6 Å². The van der Waals surface area contributed by atoms with E-state index in [9.17, 15) is 4.79 Å². The molecule has 1 aliphatic heterocycles. The number of aryl methyl sites for hydroxylation is 1. The van der Waals surface area contributed by atoms with Gasteiger partial charge in [0.2, 0.25) is 5.91 Å². The summed E-state index contributed by atoms with van der Waals surface area (Å²) in [6.45, 7) is 4.61. The maximum Gasteiger partial charge on any atom is 0.226 e. The molecule has 19 heavy (non-hydrogen) atoms. The van der Waals surface area contributed by atoms with Crippen LogP contribution < -0.4 is 5.73 Å². The zero-order chi connectivity index (χ0) is 13.4. The fourth-order valence-corrected chi connectivity index (χ4v) is 3.27. The van der Waals surface area contributed by atoms with E-state index < -0.39 is 0 Å². The Morgan fingerprint density at radius 1 is 1.42 bits per heavy atom. The molecule has 1 saturated carbocycles. The van der Waals surface area contributed by atoms with Crippen LogP contribution in [0, 0.1) is 18.8 Å². The van der Waals surface area contributed by atoms with E-state index in [-0.39, 0.29) is 5.92 Å². The van der Waals surface area contributed by atoms with Gasteiger partial charge >= 0.3 is 0 Å². The molecule has 2 N–H and O–H groups in total. The summed E-state index contributed by atoms with van der Waals surface area (Å²) >= 11 is 0. The van der Waals surface area contributed by atoms with Gasteiger partial charge in [-0.25, -0.2) is 0 Å². The van der Waals surface area contributed by atoms with Gasteiger partial charge in [0.05, 0.1) is 0 Å². The van der Waals surface area contributed by atoms with Crippen molar-refractivity contribution in [1.82, 2.24) is 4.90 Å². The van der Waals surface area contributed by atoms with Gasteiger partial charge in [-0.2, -0.15) is 0 Å². The Balaban J connectivity index is 1.64. The predicted molar refractivity (Wildman–Crippen MR) is 75.8 cm³/mol. The minimum atomic E-state index is 0.220. The number of carbonyl (C=O) groups excluding carboxylic acids is 1.